The predicted molar refractivity (Wildman–Crippen MR) is 200 cm³/mol. The number of carbonyl (C=O) groups excluding carboxylic acids is 2. The quantitative estimate of drug-likeness (QED) is 0.0324. The maximum Gasteiger partial charge on any atom is 0.251 e. The van der Waals surface area contributed by atoms with Gasteiger partial charge in [-0.2, -0.15) is 0 Å². The summed E-state index contributed by atoms with van der Waals surface area (Å²) in [5.74, 6) is -2.61. The Kier molecular flexibility index (Phi) is 24.7. The van der Waals surface area contributed by atoms with Crippen molar-refractivity contribution in [1.29, 1.82) is 0 Å². The Bertz CT molecular complexity index is 1210. The normalized spacial score (nSPS) is 31.9. The number of unbranched alkanes of at least 4 members (excludes halogenated alkanes) is 7. The van der Waals surface area contributed by atoms with E-state index in [4.69, 9.17) is 18.9 Å². The monoisotopic (exact) mass is 880 g/mol. The van der Waals surface area contributed by atoms with Gasteiger partial charge in [0.25, 0.3) is 11.8 Å². The van der Waals surface area contributed by atoms with Crippen molar-refractivity contribution in [3.63, 3.8) is 0 Å². The van der Waals surface area contributed by atoms with Crippen LogP contribution in [0.15, 0.2) is 0 Å². The highest BCUT2D eigenvalue weighted by Gasteiger charge is 2.49. The van der Waals surface area contributed by atoms with E-state index in [0.29, 0.717) is 12.8 Å². The number of hydrogen-bond acceptors (Lipinski definition) is 22. The van der Waals surface area contributed by atoms with Gasteiger partial charge >= 0.3 is 0 Å². The first-order valence-corrected chi connectivity index (χ1v) is 20.2. The number of aliphatic hydroxyl groups is 16. The smallest absolute Gasteiger partial charge is 0.251 e. The molecule has 354 valence electrons. The van der Waals surface area contributed by atoms with Gasteiger partial charge < -0.3 is 111 Å². The fraction of sp³-hybridized carbons (Fsp3) is 0.944. The van der Waals surface area contributed by atoms with Crippen LogP contribution in [0.25, 0.3) is 0 Å². The average Bonchev–Trinajstić information content (AvgIpc) is 3.25. The standard InChI is InChI=1S/C36H68N2O22/c1-2-3-4-5-6-7-8-9-10-16(38-34(56)28(52)26(50)32(18(44)13-40)60-36-30(54)24(48)22(46)20(15-42)58-36)11-37-33(55)27(51)25(49)31(17(43)12-39)59-35-29(53)23(47)21(45)19(14-41)57-35/h16-32,35-36,39-54H,2-15H2,1H3,(H,37,55)(H,38,56)/t16?,17-,18-,19-,20-,21+,22+,23+,24+,25-,26-,27-,28-,29-,30-,31-,32-,35+,36+/m1/s1. The summed E-state index contributed by atoms with van der Waals surface area (Å²) in [6, 6.07) is -1.05. The second-order valence-corrected chi connectivity index (χ2v) is 15.2. The average molecular weight is 881 g/mol. The molecule has 2 aliphatic heterocycles. The van der Waals surface area contributed by atoms with Gasteiger partial charge in [0.15, 0.2) is 24.8 Å². The molecule has 24 heteroatoms. The Morgan fingerprint density at radius 1 is 0.567 bits per heavy atom. The first kappa shape index (κ1) is 54.3. The van der Waals surface area contributed by atoms with E-state index in [9.17, 15) is 91.3 Å². The molecule has 2 aliphatic rings. The van der Waals surface area contributed by atoms with Crippen LogP contribution in [-0.2, 0) is 28.5 Å². The van der Waals surface area contributed by atoms with E-state index in [1.165, 1.54) is 0 Å². The van der Waals surface area contributed by atoms with Gasteiger partial charge in [-0.05, 0) is 6.42 Å². The number of ether oxygens (including phenoxy) is 4. The highest BCUT2D eigenvalue weighted by Crippen LogP contribution is 2.27. The zero-order valence-corrected chi connectivity index (χ0v) is 33.5. The van der Waals surface area contributed by atoms with Crippen molar-refractivity contribution in [2.24, 2.45) is 0 Å². The third-order valence-corrected chi connectivity index (χ3v) is 10.5. The van der Waals surface area contributed by atoms with E-state index in [0.717, 1.165) is 38.5 Å². The summed E-state index contributed by atoms with van der Waals surface area (Å²) in [4.78, 5) is 26.5. The van der Waals surface area contributed by atoms with Crippen LogP contribution in [0.5, 0.6) is 0 Å². The molecule has 60 heavy (non-hydrogen) atoms. The lowest BCUT2D eigenvalue weighted by molar-refractivity contribution is -0.326. The minimum absolute atomic E-state index is 0.137. The van der Waals surface area contributed by atoms with E-state index >= 15 is 0 Å². The van der Waals surface area contributed by atoms with Gasteiger partial charge in [0.05, 0.1) is 26.4 Å². The maximum absolute atomic E-state index is 13.3. The predicted octanol–water partition coefficient (Wildman–Crippen LogP) is -8.36. The lowest BCUT2D eigenvalue weighted by atomic mass is 9.98. The van der Waals surface area contributed by atoms with Gasteiger partial charge in [0.2, 0.25) is 0 Å². The minimum atomic E-state index is -2.44. The maximum atomic E-state index is 13.3. The van der Waals surface area contributed by atoms with Gasteiger partial charge in [-0.15, -0.1) is 0 Å². The van der Waals surface area contributed by atoms with Gasteiger partial charge in [-0.25, -0.2) is 0 Å². The third kappa shape index (κ3) is 15.4. The molecular weight excluding hydrogens is 812 g/mol. The van der Waals surface area contributed by atoms with Gasteiger partial charge in [-0.3, -0.25) is 9.59 Å². The molecule has 1 unspecified atom stereocenters. The van der Waals surface area contributed by atoms with Gasteiger partial charge in [0, 0.05) is 12.6 Å². The van der Waals surface area contributed by atoms with E-state index in [-0.39, 0.29) is 6.42 Å². The van der Waals surface area contributed by atoms with Crippen molar-refractivity contribution < 1.29 is 110 Å². The fourth-order valence-electron chi connectivity index (χ4n) is 6.71. The molecule has 2 saturated heterocycles. The lowest BCUT2D eigenvalue weighted by Crippen LogP contribution is -2.62. The molecule has 0 aromatic heterocycles. The number of nitrogens with one attached hydrogen (secondary N) is 2. The summed E-state index contributed by atoms with van der Waals surface area (Å²) < 4.78 is 21.1. The van der Waals surface area contributed by atoms with Crippen LogP contribution >= 0.6 is 0 Å². The van der Waals surface area contributed by atoms with E-state index < -0.39 is 161 Å². The molecule has 2 heterocycles. The largest absolute Gasteiger partial charge is 0.394 e. The van der Waals surface area contributed by atoms with Crippen molar-refractivity contribution in [2.45, 2.75) is 181 Å². The first-order chi connectivity index (χ1) is 28.4. The van der Waals surface area contributed by atoms with Crippen LogP contribution in [0.1, 0.15) is 64.7 Å². The van der Waals surface area contributed by atoms with Crippen LogP contribution in [0.4, 0.5) is 0 Å². The summed E-state index contributed by atoms with van der Waals surface area (Å²) in [6.07, 6.45) is -29.0. The summed E-state index contributed by atoms with van der Waals surface area (Å²) in [6.45, 7) is -2.35. The zero-order chi connectivity index (χ0) is 45.3. The zero-order valence-electron chi connectivity index (χ0n) is 33.5. The Labute approximate surface area is 346 Å². The lowest BCUT2D eigenvalue weighted by Gasteiger charge is -2.42. The van der Waals surface area contributed by atoms with Crippen LogP contribution < -0.4 is 10.6 Å². The second-order valence-electron chi connectivity index (χ2n) is 15.2. The number of carbonyl (C=O) groups is 2. The van der Waals surface area contributed by atoms with Gasteiger partial charge in [0.1, 0.15) is 85.5 Å². The van der Waals surface area contributed by atoms with Crippen molar-refractivity contribution in [2.75, 3.05) is 33.0 Å². The fourth-order valence-corrected chi connectivity index (χ4v) is 6.71. The number of rotatable bonds is 28. The van der Waals surface area contributed by atoms with Crippen molar-refractivity contribution >= 4 is 11.8 Å². The molecule has 0 radical (unpaired) electrons. The van der Waals surface area contributed by atoms with Crippen molar-refractivity contribution in [1.82, 2.24) is 10.6 Å². The molecule has 0 aromatic rings. The topological polar surface area (TPSA) is 419 Å². The number of aliphatic hydroxyl groups excluding tert-OH is 16. The van der Waals surface area contributed by atoms with Crippen LogP contribution in [0, 0.1) is 0 Å². The van der Waals surface area contributed by atoms with Crippen LogP contribution in [0.3, 0.4) is 0 Å². The van der Waals surface area contributed by atoms with Crippen LogP contribution in [0.2, 0.25) is 0 Å². The molecule has 0 spiro atoms. The molecule has 0 aliphatic carbocycles. The Morgan fingerprint density at radius 3 is 1.37 bits per heavy atom. The summed E-state index contributed by atoms with van der Waals surface area (Å²) in [5.41, 5.74) is 0. The molecule has 0 bridgehead atoms. The van der Waals surface area contributed by atoms with Crippen molar-refractivity contribution in [3.05, 3.63) is 0 Å². The molecule has 18 N–H and O–H groups in total. The molecule has 2 rings (SSSR count). The third-order valence-electron chi connectivity index (χ3n) is 10.5. The molecule has 0 aromatic carbocycles. The summed E-state index contributed by atoms with van der Waals surface area (Å²) >= 11 is 0. The molecule has 19 atom stereocenters. The number of hydrogen-bond donors (Lipinski definition) is 18. The van der Waals surface area contributed by atoms with E-state index in [1.807, 2.05) is 0 Å². The van der Waals surface area contributed by atoms with Crippen molar-refractivity contribution in [3.8, 4) is 0 Å². The Morgan fingerprint density at radius 2 is 0.967 bits per heavy atom. The molecule has 2 fully saturated rings. The van der Waals surface area contributed by atoms with E-state index in [1.54, 1.807) is 0 Å². The molecule has 0 saturated carbocycles. The van der Waals surface area contributed by atoms with E-state index in [2.05, 4.69) is 17.6 Å². The Hall–Kier alpha value is -1.86. The van der Waals surface area contributed by atoms with Crippen LogP contribution in [-0.4, -0.2) is 243 Å². The molecule has 2 amide bonds. The Balaban J connectivity index is 2.20. The summed E-state index contributed by atoms with van der Waals surface area (Å²) in [5, 5.41) is 168. The second kappa shape index (κ2) is 27.4. The first-order valence-electron chi connectivity index (χ1n) is 20.2. The highest BCUT2D eigenvalue weighted by atomic mass is 16.7. The highest BCUT2D eigenvalue weighted by molar-refractivity contribution is 5.82. The van der Waals surface area contributed by atoms with Gasteiger partial charge in [-0.1, -0.05) is 58.3 Å². The molecule has 24 nitrogen and oxygen atoms in total. The summed E-state index contributed by atoms with van der Waals surface area (Å²) in [7, 11) is 0. The minimum Gasteiger partial charge on any atom is -0.394 e. The number of amides is 2. The molecular formula is C36H68N2O22. The SMILES string of the molecule is CCCCCCCCCCC(CNC(=O)[C@H](O)[C@@H](O)[C@H](O[C@@H]1O[C@H](CO)[C@H](O)[C@H](O)[C@H]1O)[C@H](O)CO)NC(=O)[C@H](O)[C@@H](O)[C@H](O[C@@H]1O[C@H](CO)[C@H](O)[C@H](O)[C@H]1O)[C@H](O)CO.